The van der Waals surface area contributed by atoms with E-state index in [9.17, 15) is 4.79 Å². The van der Waals surface area contributed by atoms with Crippen LogP contribution in [0.2, 0.25) is 0 Å². The van der Waals surface area contributed by atoms with Crippen molar-refractivity contribution in [3.05, 3.63) is 59.7 Å². The van der Waals surface area contributed by atoms with Crippen LogP contribution >= 0.6 is 0 Å². The van der Waals surface area contributed by atoms with Crippen LogP contribution < -0.4 is 5.32 Å². The highest BCUT2D eigenvalue weighted by Gasteiger charge is 2.28. The van der Waals surface area contributed by atoms with Crippen LogP contribution in [0.3, 0.4) is 0 Å². The monoisotopic (exact) mass is 597 g/mol. The van der Waals surface area contributed by atoms with Gasteiger partial charge in [0.25, 0.3) is 0 Å². The van der Waals surface area contributed by atoms with Crippen molar-refractivity contribution < 1.29 is 28.5 Å². The van der Waals surface area contributed by atoms with E-state index >= 15 is 0 Å². The minimum atomic E-state index is -0.429. The Bertz CT molecular complexity index is 954. The molecule has 0 aromatic heterocycles. The van der Waals surface area contributed by atoms with Gasteiger partial charge in [-0.2, -0.15) is 0 Å². The fraction of sp³-hybridized carbons (Fsp3) is 0.639. The molecule has 7 nitrogen and oxygen atoms in total. The number of nitrogens with one attached hydrogen (secondary N) is 1. The summed E-state index contributed by atoms with van der Waals surface area (Å²) in [6.45, 7) is 7.46. The van der Waals surface area contributed by atoms with E-state index in [-0.39, 0.29) is 5.92 Å². The van der Waals surface area contributed by atoms with E-state index in [1.54, 1.807) is 0 Å². The Morgan fingerprint density at radius 2 is 1.02 bits per heavy atom. The zero-order chi connectivity index (χ0) is 30.2. The summed E-state index contributed by atoms with van der Waals surface area (Å²) in [5.41, 5.74) is 4.84. The molecule has 0 heterocycles. The van der Waals surface area contributed by atoms with Crippen LogP contribution in [0, 0.1) is 0 Å². The first-order chi connectivity index (χ1) is 21.3. The van der Waals surface area contributed by atoms with E-state index < -0.39 is 6.09 Å². The van der Waals surface area contributed by atoms with Crippen LogP contribution in [-0.2, 0) is 23.7 Å². The standard InChI is InChI=1S/C36H55NO6/c1-2-3-4-5-6-7-8-9-10-11-16-22-39-24-26-41-28-29-42-27-25-40-23-21-37-36(38)43-30-35-33-19-14-12-17-31(33)32-18-13-15-20-34(32)35/h12-15,17-20,35H,2-11,16,21-30H2,1H3,(H,37,38). The second-order valence-corrected chi connectivity index (χ2v) is 11.2. The molecule has 0 radical (unpaired) electrons. The number of fused-ring (bicyclic) bond motifs is 3. The number of benzene rings is 2. The zero-order valence-electron chi connectivity index (χ0n) is 26.5. The van der Waals surface area contributed by atoms with Crippen LogP contribution in [0.5, 0.6) is 0 Å². The maximum Gasteiger partial charge on any atom is 0.407 e. The van der Waals surface area contributed by atoms with Crippen molar-refractivity contribution in [2.24, 2.45) is 0 Å². The Morgan fingerprint density at radius 1 is 0.581 bits per heavy atom. The smallest absolute Gasteiger partial charge is 0.407 e. The summed E-state index contributed by atoms with van der Waals surface area (Å²) >= 11 is 0. The van der Waals surface area contributed by atoms with E-state index in [1.807, 2.05) is 24.3 Å². The fourth-order valence-corrected chi connectivity index (χ4v) is 5.50. The van der Waals surface area contributed by atoms with Gasteiger partial charge in [-0.25, -0.2) is 4.79 Å². The van der Waals surface area contributed by atoms with Crippen LogP contribution in [0.15, 0.2) is 48.5 Å². The predicted molar refractivity (Wildman–Crippen MR) is 173 cm³/mol. The lowest BCUT2D eigenvalue weighted by atomic mass is 9.98. The molecule has 0 saturated carbocycles. The van der Waals surface area contributed by atoms with Crippen LogP contribution in [-0.4, -0.2) is 72.1 Å². The third-order valence-electron chi connectivity index (χ3n) is 7.87. The van der Waals surface area contributed by atoms with Gasteiger partial charge in [0.2, 0.25) is 0 Å². The number of carbonyl (C=O) groups excluding carboxylic acids is 1. The molecule has 43 heavy (non-hydrogen) atoms. The molecule has 1 amide bonds. The van der Waals surface area contributed by atoms with E-state index in [4.69, 9.17) is 23.7 Å². The van der Waals surface area contributed by atoms with E-state index in [0.29, 0.717) is 59.4 Å². The van der Waals surface area contributed by atoms with Gasteiger partial charge in [-0.15, -0.1) is 0 Å². The van der Waals surface area contributed by atoms with Gasteiger partial charge >= 0.3 is 6.09 Å². The zero-order valence-corrected chi connectivity index (χ0v) is 26.5. The van der Waals surface area contributed by atoms with Gasteiger partial charge in [-0.05, 0) is 28.7 Å². The number of rotatable bonds is 26. The number of ether oxygens (including phenoxy) is 5. The van der Waals surface area contributed by atoms with Gasteiger partial charge < -0.3 is 29.0 Å². The van der Waals surface area contributed by atoms with E-state index in [2.05, 4.69) is 36.5 Å². The fourth-order valence-electron chi connectivity index (χ4n) is 5.50. The number of alkyl carbamates (subject to hydrolysis) is 1. The lowest BCUT2D eigenvalue weighted by molar-refractivity contribution is -0.00181. The second kappa shape index (κ2) is 23.0. The summed E-state index contributed by atoms with van der Waals surface area (Å²) < 4.78 is 27.8. The van der Waals surface area contributed by atoms with Gasteiger partial charge in [0.15, 0.2) is 0 Å². The van der Waals surface area contributed by atoms with Crippen molar-refractivity contribution >= 4 is 6.09 Å². The third-order valence-corrected chi connectivity index (χ3v) is 7.87. The molecule has 0 unspecified atom stereocenters. The highest BCUT2D eigenvalue weighted by molar-refractivity contribution is 5.79. The van der Waals surface area contributed by atoms with E-state index in [0.717, 1.165) is 13.0 Å². The van der Waals surface area contributed by atoms with E-state index in [1.165, 1.54) is 86.5 Å². The second-order valence-electron chi connectivity index (χ2n) is 11.2. The summed E-state index contributed by atoms with van der Waals surface area (Å²) in [6.07, 6.45) is 14.4. The highest BCUT2D eigenvalue weighted by atomic mass is 16.6. The average molecular weight is 598 g/mol. The van der Waals surface area contributed by atoms with Gasteiger partial charge in [0.1, 0.15) is 6.61 Å². The average Bonchev–Trinajstić information content (AvgIpc) is 3.35. The molecule has 0 fully saturated rings. The molecule has 0 bridgehead atoms. The Morgan fingerprint density at radius 3 is 1.56 bits per heavy atom. The Labute approximate surface area is 260 Å². The molecule has 7 heteroatoms. The third kappa shape index (κ3) is 14.3. The summed E-state index contributed by atoms with van der Waals surface area (Å²) in [5.74, 6) is 0.0577. The molecule has 1 N–H and O–H groups in total. The molecule has 2 aromatic rings. The molecule has 0 saturated heterocycles. The van der Waals surface area contributed by atoms with Crippen LogP contribution in [0.1, 0.15) is 94.6 Å². The van der Waals surface area contributed by atoms with Gasteiger partial charge in [-0.1, -0.05) is 120 Å². The Balaban J connectivity index is 1.03. The molecule has 0 spiro atoms. The minimum absolute atomic E-state index is 0.0577. The first-order valence-corrected chi connectivity index (χ1v) is 16.7. The van der Waals surface area contributed by atoms with Gasteiger partial charge in [-0.3, -0.25) is 0 Å². The van der Waals surface area contributed by atoms with Gasteiger partial charge in [0.05, 0.1) is 46.2 Å². The molecule has 240 valence electrons. The molecule has 3 rings (SSSR count). The maximum atomic E-state index is 12.2. The summed E-state index contributed by atoms with van der Waals surface area (Å²) in [4.78, 5) is 12.2. The number of hydrogen-bond acceptors (Lipinski definition) is 6. The Kier molecular flexibility index (Phi) is 18.7. The quantitative estimate of drug-likeness (QED) is 0.111. The maximum absolute atomic E-state index is 12.2. The van der Waals surface area contributed by atoms with Gasteiger partial charge in [0, 0.05) is 19.1 Å². The number of hydrogen-bond donors (Lipinski definition) is 1. The van der Waals surface area contributed by atoms with Crippen LogP contribution in [0.25, 0.3) is 11.1 Å². The predicted octanol–water partition coefficient (Wildman–Crippen LogP) is 7.90. The van der Waals surface area contributed by atoms with Crippen molar-refractivity contribution in [1.29, 1.82) is 0 Å². The lowest BCUT2D eigenvalue weighted by Crippen LogP contribution is -2.29. The van der Waals surface area contributed by atoms with Crippen molar-refractivity contribution in [3.8, 4) is 11.1 Å². The molecular weight excluding hydrogens is 542 g/mol. The summed E-state index contributed by atoms with van der Waals surface area (Å²) in [6, 6.07) is 16.6. The normalized spacial score (nSPS) is 12.3. The van der Waals surface area contributed by atoms with Crippen molar-refractivity contribution in [1.82, 2.24) is 5.32 Å². The molecule has 1 aliphatic carbocycles. The number of amides is 1. The van der Waals surface area contributed by atoms with Crippen molar-refractivity contribution in [2.75, 3.05) is 66.0 Å². The van der Waals surface area contributed by atoms with Crippen molar-refractivity contribution in [2.45, 2.75) is 83.5 Å². The van der Waals surface area contributed by atoms with Crippen LogP contribution in [0.4, 0.5) is 4.79 Å². The molecule has 2 aromatic carbocycles. The first kappa shape index (κ1) is 35.0. The SMILES string of the molecule is CCCCCCCCCCCCCOCCOCCOCCOCCNC(=O)OCC1c2ccccc2-c2ccccc21. The summed E-state index contributed by atoms with van der Waals surface area (Å²) in [5, 5.41) is 2.76. The molecular formula is C36H55NO6. The highest BCUT2D eigenvalue weighted by Crippen LogP contribution is 2.44. The Hall–Kier alpha value is -2.45. The first-order valence-electron chi connectivity index (χ1n) is 16.7. The number of unbranched alkanes of at least 4 members (excludes halogenated alkanes) is 10. The number of carbonyl (C=O) groups is 1. The topological polar surface area (TPSA) is 75.3 Å². The lowest BCUT2D eigenvalue weighted by Gasteiger charge is -2.14. The summed E-state index contributed by atoms with van der Waals surface area (Å²) in [7, 11) is 0. The van der Waals surface area contributed by atoms with Crippen molar-refractivity contribution in [3.63, 3.8) is 0 Å². The molecule has 0 atom stereocenters. The molecule has 1 aliphatic rings. The largest absolute Gasteiger partial charge is 0.449 e. The minimum Gasteiger partial charge on any atom is -0.449 e. The molecule has 0 aliphatic heterocycles.